The van der Waals surface area contributed by atoms with Gasteiger partial charge in [0, 0.05) is 5.41 Å². The molecule has 1 aliphatic carbocycles. The summed E-state index contributed by atoms with van der Waals surface area (Å²) in [5.41, 5.74) is 6.05. The number of fused-ring (bicyclic) bond motifs is 3. The molecule has 1 heterocycles. The smallest absolute Gasteiger partial charge is 0.0821 e. The molecule has 102 valence electrons. The van der Waals surface area contributed by atoms with Gasteiger partial charge in [0.15, 0.2) is 0 Å². The van der Waals surface area contributed by atoms with Crippen molar-refractivity contribution in [1.82, 2.24) is 0 Å². The number of ether oxygens (including phenoxy) is 1. The Morgan fingerprint density at radius 2 is 1.55 bits per heavy atom. The van der Waals surface area contributed by atoms with Crippen molar-refractivity contribution in [2.45, 2.75) is 37.7 Å². The molecule has 2 aliphatic rings. The van der Waals surface area contributed by atoms with Gasteiger partial charge in [-0.25, -0.2) is 0 Å². The maximum absolute atomic E-state index is 5.57. The predicted molar refractivity (Wildman–Crippen MR) is 81.9 cm³/mol. The van der Waals surface area contributed by atoms with E-state index < -0.39 is 0 Å². The molecule has 0 radical (unpaired) electrons. The van der Waals surface area contributed by atoms with Gasteiger partial charge < -0.3 is 4.74 Å². The molecule has 0 unspecified atom stereocenters. The molecule has 1 atom stereocenters. The minimum atomic E-state index is 0.170. The summed E-state index contributed by atoms with van der Waals surface area (Å²) < 4.78 is 5.57. The molecular weight excluding hydrogens is 244 g/mol. The Morgan fingerprint density at radius 1 is 1.00 bits per heavy atom. The van der Waals surface area contributed by atoms with Crippen LogP contribution in [-0.2, 0) is 10.2 Å². The quantitative estimate of drug-likeness (QED) is 0.738. The van der Waals surface area contributed by atoms with Crippen LogP contribution in [0.15, 0.2) is 48.5 Å². The third-order valence-corrected chi connectivity index (χ3v) is 4.83. The molecule has 1 aliphatic heterocycles. The highest BCUT2D eigenvalue weighted by Crippen LogP contribution is 2.54. The maximum Gasteiger partial charge on any atom is 0.0821 e. The molecule has 2 aromatic rings. The topological polar surface area (TPSA) is 12.5 Å². The van der Waals surface area contributed by atoms with E-state index in [-0.39, 0.29) is 5.41 Å². The van der Waals surface area contributed by atoms with Gasteiger partial charge in [0.25, 0.3) is 0 Å². The van der Waals surface area contributed by atoms with Gasteiger partial charge >= 0.3 is 0 Å². The van der Waals surface area contributed by atoms with Crippen molar-refractivity contribution < 1.29 is 4.74 Å². The lowest BCUT2D eigenvalue weighted by Crippen LogP contribution is -2.27. The van der Waals surface area contributed by atoms with Crippen LogP contribution < -0.4 is 0 Å². The van der Waals surface area contributed by atoms with Gasteiger partial charge in [-0.1, -0.05) is 61.9 Å². The van der Waals surface area contributed by atoms with E-state index in [1.165, 1.54) is 35.1 Å². The molecule has 2 aromatic carbocycles. The average Bonchev–Trinajstić information content (AvgIpc) is 3.26. The normalized spacial score (nSPS) is 21.4. The highest BCUT2D eigenvalue weighted by atomic mass is 16.6. The maximum atomic E-state index is 5.57. The second-order valence-electron chi connectivity index (χ2n) is 6.08. The van der Waals surface area contributed by atoms with Crippen LogP contribution in [-0.4, -0.2) is 12.7 Å². The van der Waals surface area contributed by atoms with Gasteiger partial charge in [0.1, 0.15) is 0 Å². The Bertz CT molecular complexity index is 594. The molecule has 0 aromatic heterocycles. The van der Waals surface area contributed by atoms with Crippen molar-refractivity contribution in [2.24, 2.45) is 0 Å². The third-order valence-electron chi connectivity index (χ3n) is 4.83. The minimum Gasteiger partial charge on any atom is -0.373 e. The lowest BCUT2D eigenvalue weighted by Gasteiger charge is -2.31. The van der Waals surface area contributed by atoms with Crippen molar-refractivity contribution >= 4 is 0 Å². The van der Waals surface area contributed by atoms with E-state index in [0.717, 1.165) is 13.0 Å². The van der Waals surface area contributed by atoms with Gasteiger partial charge in [-0.2, -0.15) is 0 Å². The first-order valence-corrected chi connectivity index (χ1v) is 7.66. The summed E-state index contributed by atoms with van der Waals surface area (Å²) in [5, 5.41) is 0. The van der Waals surface area contributed by atoms with Gasteiger partial charge in [-0.3, -0.25) is 0 Å². The number of hydrogen-bond donors (Lipinski definition) is 0. The average molecular weight is 264 g/mol. The zero-order chi connectivity index (χ0) is 13.6. The Hall–Kier alpha value is -1.60. The van der Waals surface area contributed by atoms with Gasteiger partial charge in [-0.05, 0) is 35.1 Å². The largest absolute Gasteiger partial charge is 0.373 e. The molecule has 1 nitrogen and oxygen atoms in total. The van der Waals surface area contributed by atoms with E-state index in [9.17, 15) is 0 Å². The molecular formula is C19H20O. The summed E-state index contributed by atoms with van der Waals surface area (Å²) in [6, 6.07) is 17.9. The molecule has 0 amide bonds. The van der Waals surface area contributed by atoms with E-state index in [4.69, 9.17) is 4.74 Å². The van der Waals surface area contributed by atoms with E-state index in [1.54, 1.807) is 0 Å². The monoisotopic (exact) mass is 264 g/mol. The summed E-state index contributed by atoms with van der Waals surface area (Å²) in [7, 11) is 0. The Labute approximate surface area is 120 Å². The highest BCUT2D eigenvalue weighted by molar-refractivity contribution is 5.81. The van der Waals surface area contributed by atoms with Crippen LogP contribution in [0.1, 0.15) is 37.3 Å². The first-order valence-electron chi connectivity index (χ1n) is 7.66. The Balaban J connectivity index is 1.95. The minimum absolute atomic E-state index is 0.170. The molecule has 20 heavy (non-hydrogen) atoms. The van der Waals surface area contributed by atoms with Crippen LogP contribution in [0.4, 0.5) is 0 Å². The fraction of sp³-hybridized carbons (Fsp3) is 0.368. The van der Waals surface area contributed by atoms with Crippen LogP contribution in [0.5, 0.6) is 0 Å². The Morgan fingerprint density at radius 3 is 2.05 bits per heavy atom. The van der Waals surface area contributed by atoms with E-state index in [2.05, 4.69) is 55.5 Å². The van der Waals surface area contributed by atoms with Crippen molar-refractivity contribution in [3.05, 3.63) is 59.7 Å². The van der Waals surface area contributed by atoms with E-state index in [0.29, 0.717) is 6.10 Å². The van der Waals surface area contributed by atoms with Gasteiger partial charge in [0.05, 0.1) is 12.7 Å². The van der Waals surface area contributed by atoms with E-state index in [1.807, 2.05) is 0 Å². The summed E-state index contributed by atoms with van der Waals surface area (Å²) in [6.07, 6.45) is 4.01. The zero-order valence-electron chi connectivity index (χ0n) is 11.9. The van der Waals surface area contributed by atoms with Crippen molar-refractivity contribution in [1.29, 1.82) is 0 Å². The molecule has 0 saturated carbocycles. The lowest BCUT2D eigenvalue weighted by molar-refractivity contribution is 0.336. The van der Waals surface area contributed by atoms with Crippen molar-refractivity contribution in [3.63, 3.8) is 0 Å². The second-order valence-corrected chi connectivity index (χ2v) is 6.08. The van der Waals surface area contributed by atoms with Gasteiger partial charge in [-0.15, -0.1) is 0 Å². The molecule has 1 heteroatoms. The van der Waals surface area contributed by atoms with Crippen LogP contribution in [0, 0.1) is 0 Å². The number of epoxide rings is 1. The summed E-state index contributed by atoms with van der Waals surface area (Å²) in [5.74, 6) is 0. The molecule has 1 saturated heterocycles. The number of hydrogen-bond acceptors (Lipinski definition) is 1. The standard InChI is InChI=1S/C19H20O/c1-2-11-19(12-14-13-20-14)17-9-5-3-7-15(17)16-8-4-6-10-18(16)19/h3-10,14H,2,11-13H2,1H3/t14-/m0/s1. The third kappa shape index (κ3) is 1.66. The van der Waals surface area contributed by atoms with Crippen LogP contribution in [0.25, 0.3) is 11.1 Å². The van der Waals surface area contributed by atoms with Crippen LogP contribution in [0.2, 0.25) is 0 Å². The molecule has 0 spiro atoms. The number of benzene rings is 2. The lowest BCUT2D eigenvalue weighted by atomic mass is 9.71. The SMILES string of the molecule is CCCC1(C[C@H]2CO2)c2ccccc2-c2ccccc21. The highest BCUT2D eigenvalue weighted by Gasteiger charge is 2.45. The Kier molecular flexibility index (Phi) is 2.71. The molecule has 4 rings (SSSR count). The number of rotatable bonds is 4. The molecule has 1 fully saturated rings. The first kappa shape index (κ1) is 12.2. The van der Waals surface area contributed by atoms with E-state index >= 15 is 0 Å². The zero-order valence-corrected chi connectivity index (χ0v) is 11.9. The van der Waals surface area contributed by atoms with Crippen molar-refractivity contribution in [3.8, 4) is 11.1 Å². The molecule has 0 bridgehead atoms. The van der Waals surface area contributed by atoms with Crippen molar-refractivity contribution in [2.75, 3.05) is 6.61 Å². The summed E-state index contributed by atoms with van der Waals surface area (Å²) in [6.45, 7) is 3.23. The first-order chi connectivity index (χ1) is 9.85. The van der Waals surface area contributed by atoms with Crippen LogP contribution in [0.3, 0.4) is 0 Å². The second kappa shape index (κ2) is 4.46. The summed E-state index contributed by atoms with van der Waals surface area (Å²) in [4.78, 5) is 0. The fourth-order valence-corrected chi connectivity index (χ4v) is 4.01. The fourth-order valence-electron chi connectivity index (χ4n) is 4.01. The molecule has 0 N–H and O–H groups in total. The van der Waals surface area contributed by atoms with Crippen LogP contribution >= 0.6 is 0 Å². The van der Waals surface area contributed by atoms with Gasteiger partial charge in [0.2, 0.25) is 0 Å². The summed E-state index contributed by atoms with van der Waals surface area (Å²) >= 11 is 0. The predicted octanol–water partition coefficient (Wildman–Crippen LogP) is 4.54.